The van der Waals surface area contributed by atoms with Crippen molar-refractivity contribution in [3.05, 3.63) is 101 Å². The van der Waals surface area contributed by atoms with Crippen molar-refractivity contribution in [2.45, 2.75) is 6.92 Å². The van der Waals surface area contributed by atoms with Crippen molar-refractivity contribution in [3.63, 3.8) is 0 Å². The van der Waals surface area contributed by atoms with E-state index in [0.29, 0.717) is 50.2 Å². The second kappa shape index (κ2) is 8.49. The molecule has 2 heterocycles. The lowest BCUT2D eigenvalue weighted by Crippen LogP contribution is -2.29. The number of carbonyl (C=O) groups excluding carboxylic acids is 4. The van der Waals surface area contributed by atoms with Crippen molar-refractivity contribution in [1.82, 2.24) is 4.98 Å². The Morgan fingerprint density at radius 3 is 2.11 bits per heavy atom. The summed E-state index contributed by atoms with van der Waals surface area (Å²) in [4.78, 5) is 55.9. The number of anilines is 2. The molecule has 5 rings (SSSR count). The third-order valence-electron chi connectivity index (χ3n) is 5.79. The lowest BCUT2D eigenvalue weighted by molar-refractivity contribution is 0.0600. The minimum atomic E-state index is -0.492. The van der Waals surface area contributed by atoms with Crippen molar-refractivity contribution < 1.29 is 23.9 Å². The molecule has 8 heteroatoms. The van der Waals surface area contributed by atoms with Gasteiger partial charge in [0.1, 0.15) is 0 Å². The van der Waals surface area contributed by atoms with Crippen LogP contribution in [0.4, 0.5) is 11.4 Å². The number of aryl methyl sites for hydroxylation is 1. The monoisotopic (exact) mass is 465 g/mol. The molecule has 0 atom stereocenters. The van der Waals surface area contributed by atoms with Gasteiger partial charge in [-0.15, -0.1) is 0 Å². The summed E-state index contributed by atoms with van der Waals surface area (Å²) in [5, 5.41) is 3.46. The molecule has 0 aliphatic carbocycles. The molecule has 8 nitrogen and oxygen atoms in total. The van der Waals surface area contributed by atoms with Gasteiger partial charge in [0.2, 0.25) is 0 Å². The zero-order chi connectivity index (χ0) is 24.7. The lowest BCUT2D eigenvalue weighted by atomic mass is 10.1. The minimum Gasteiger partial charge on any atom is -0.465 e. The van der Waals surface area contributed by atoms with E-state index in [2.05, 4.69) is 10.3 Å². The number of ether oxygens (including phenoxy) is 1. The highest BCUT2D eigenvalue weighted by Crippen LogP contribution is 2.29. The highest BCUT2D eigenvalue weighted by molar-refractivity contribution is 6.34. The van der Waals surface area contributed by atoms with Crippen molar-refractivity contribution in [2.75, 3.05) is 17.3 Å². The van der Waals surface area contributed by atoms with E-state index in [1.54, 1.807) is 79.7 Å². The van der Waals surface area contributed by atoms with Gasteiger partial charge in [0, 0.05) is 16.6 Å². The first-order chi connectivity index (χ1) is 16.9. The number of aromatic nitrogens is 1. The minimum absolute atomic E-state index is 0.331. The molecule has 0 spiro atoms. The van der Waals surface area contributed by atoms with Gasteiger partial charge >= 0.3 is 5.97 Å². The molecule has 35 heavy (non-hydrogen) atoms. The number of carbonyl (C=O) groups is 4. The number of imide groups is 1. The molecule has 172 valence electrons. The maximum absolute atomic E-state index is 13.0. The first-order valence-corrected chi connectivity index (χ1v) is 10.8. The number of nitrogens with zero attached hydrogens (tertiary/aromatic N) is 2. The summed E-state index contributed by atoms with van der Waals surface area (Å²) in [5.74, 6) is -1.69. The van der Waals surface area contributed by atoms with Crippen LogP contribution in [-0.2, 0) is 4.74 Å². The molecule has 1 aliphatic heterocycles. The van der Waals surface area contributed by atoms with Crippen LogP contribution in [0.3, 0.4) is 0 Å². The SMILES string of the molecule is COC(=O)c1ccc2nc(C)cc(NC(=O)c3ccc(N4C(=O)c5ccccc5C4=O)cc3)c2c1. The van der Waals surface area contributed by atoms with Gasteiger partial charge in [-0.3, -0.25) is 19.4 Å². The molecule has 1 N–H and O–H groups in total. The summed E-state index contributed by atoms with van der Waals surface area (Å²) >= 11 is 0. The van der Waals surface area contributed by atoms with Crippen LogP contribution in [0.25, 0.3) is 10.9 Å². The van der Waals surface area contributed by atoms with E-state index >= 15 is 0 Å². The first-order valence-electron chi connectivity index (χ1n) is 10.8. The molecule has 0 fully saturated rings. The average Bonchev–Trinajstić information content (AvgIpc) is 3.13. The number of rotatable bonds is 4. The Morgan fingerprint density at radius 1 is 0.857 bits per heavy atom. The molecule has 0 bridgehead atoms. The van der Waals surface area contributed by atoms with E-state index in [9.17, 15) is 19.2 Å². The summed E-state index contributed by atoms with van der Waals surface area (Å²) in [7, 11) is 1.30. The van der Waals surface area contributed by atoms with Crippen molar-refractivity contribution >= 4 is 46.0 Å². The fourth-order valence-corrected chi connectivity index (χ4v) is 4.09. The molecule has 0 saturated carbocycles. The Bertz CT molecular complexity index is 1510. The molecule has 0 unspecified atom stereocenters. The average molecular weight is 465 g/mol. The van der Waals surface area contributed by atoms with Crippen LogP contribution in [0.1, 0.15) is 47.1 Å². The molecular weight excluding hydrogens is 446 g/mol. The Morgan fingerprint density at radius 2 is 1.49 bits per heavy atom. The number of pyridine rings is 1. The Kier molecular flexibility index (Phi) is 5.33. The number of benzene rings is 3. The standard InChI is InChI=1S/C27H19N3O5/c1-15-13-23(21-14-17(27(34)35-2)9-12-22(21)28-15)29-24(31)16-7-10-18(11-8-16)30-25(32)19-5-3-4-6-20(19)26(30)33/h3-14H,1-2H3,(H,28,29,31). The summed E-state index contributed by atoms with van der Waals surface area (Å²) < 4.78 is 4.79. The molecule has 3 amide bonds. The van der Waals surface area contributed by atoms with Crippen LogP contribution in [0.5, 0.6) is 0 Å². The predicted octanol–water partition coefficient (Wildman–Crippen LogP) is 4.38. The van der Waals surface area contributed by atoms with Gasteiger partial charge < -0.3 is 10.1 Å². The second-order valence-corrected chi connectivity index (χ2v) is 8.03. The second-order valence-electron chi connectivity index (χ2n) is 8.03. The smallest absolute Gasteiger partial charge is 0.337 e. The summed E-state index contributed by atoms with van der Waals surface area (Å²) in [6, 6.07) is 19.5. The summed E-state index contributed by atoms with van der Waals surface area (Å²) in [6.07, 6.45) is 0. The van der Waals surface area contributed by atoms with Gasteiger partial charge in [-0.25, -0.2) is 9.69 Å². The Labute approximate surface area is 200 Å². The lowest BCUT2D eigenvalue weighted by Gasteiger charge is -2.15. The summed E-state index contributed by atoms with van der Waals surface area (Å²) in [5.41, 5.74) is 3.56. The number of fused-ring (bicyclic) bond motifs is 2. The van der Waals surface area contributed by atoms with Gasteiger partial charge in [0.25, 0.3) is 17.7 Å². The molecule has 1 aromatic heterocycles. The molecule has 3 aromatic carbocycles. The Hall–Kier alpha value is -4.85. The van der Waals surface area contributed by atoms with Crippen molar-refractivity contribution in [1.29, 1.82) is 0 Å². The topological polar surface area (TPSA) is 106 Å². The van der Waals surface area contributed by atoms with Crippen LogP contribution in [0, 0.1) is 6.92 Å². The highest BCUT2D eigenvalue weighted by atomic mass is 16.5. The number of amides is 3. The maximum atomic E-state index is 13.0. The highest BCUT2D eigenvalue weighted by Gasteiger charge is 2.36. The summed E-state index contributed by atoms with van der Waals surface area (Å²) in [6.45, 7) is 1.81. The zero-order valence-corrected chi connectivity index (χ0v) is 18.9. The molecule has 0 saturated heterocycles. The first kappa shape index (κ1) is 22.0. The fraction of sp³-hybridized carbons (Fsp3) is 0.0741. The van der Waals surface area contributed by atoms with Crippen LogP contribution >= 0.6 is 0 Å². The quantitative estimate of drug-likeness (QED) is 0.354. The van der Waals surface area contributed by atoms with E-state index in [0.717, 1.165) is 4.90 Å². The van der Waals surface area contributed by atoms with E-state index in [1.165, 1.54) is 7.11 Å². The van der Waals surface area contributed by atoms with Gasteiger partial charge in [-0.1, -0.05) is 12.1 Å². The van der Waals surface area contributed by atoms with E-state index in [4.69, 9.17) is 4.74 Å². The van der Waals surface area contributed by atoms with Crippen LogP contribution < -0.4 is 10.2 Å². The van der Waals surface area contributed by atoms with Crippen molar-refractivity contribution in [3.8, 4) is 0 Å². The van der Waals surface area contributed by atoms with Crippen LogP contribution in [0.15, 0.2) is 72.8 Å². The maximum Gasteiger partial charge on any atom is 0.337 e. The number of methoxy groups -OCH3 is 1. The van der Waals surface area contributed by atoms with Crippen LogP contribution in [0.2, 0.25) is 0 Å². The number of nitrogens with one attached hydrogen (secondary N) is 1. The number of hydrogen-bond donors (Lipinski definition) is 1. The molecule has 0 radical (unpaired) electrons. The number of esters is 1. The zero-order valence-electron chi connectivity index (χ0n) is 18.9. The van der Waals surface area contributed by atoms with Gasteiger partial charge in [0.05, 0.1) is 40.7 Å². The van der Waals surface area contributed by atoms with Gasteiger partial charge in [0.15, 0.2) is 0 Å². The predicted molar refractivity (Wildman–Crippen MR) is 130 cm³/mol. The molecule has 1 aliphatic rings. The van der Waals surface area contributed by atoms with E-state index < -0.39 is 23.7 Å². The largest absolute Gasteiger partial charge is 0.465 e. The van der Waals surface area contributed by atoms with Gasteiger partial charge in [-0.2, -0.15) is 0 Å². The van der Waals surface area contributed by atoms with Crippen molar-refractivity contribution in [2.24, 2.45) is 0 Å². The third kappa shape index (κ3) is 3.80. The normalized spacial score (nSPS) is 12.6. The fourth-order valence-electron chi connectivity index (χ4n) is 4.09. The van der Waals surface area contributed by atoms with Gasteiger partial charge in [-0.05, 0) is 67.6 Å². The Balaban J connectivity index is 1.42. The number of hydrogen-bond acceptors (Lipinski definition) is 6. The van der Waals surface area contributed by atoms with E-state index in [1.807, 2.05) is 0 Å². The van der Waals surface area contributed by atoms with E-state index in [-0.39, 0.29) is 0 Å². The third-order valence-corrected chi connectivity index (χ3v) is 5.79. The molecular formula is C27H19N3O5. The van der Waals surface area contributed by atoms with Crippen LogP contribution in [-0.4, -0.2) is 35.8 Å². The molecule has 4 aromatic rings.